The number of nitrogen functional groups attached to an aromatic ring is 1. The van der Waals surface area contributed by atoms with Crippen LogP contribution in [0, 0.1) is 19.3 Å². The van der Waals surface area contributed by atoms with Crippen LogP contribution in [0.25, 0.3) is 0 Å². The molecule has 0 atom stereocenters. The molecular formula is C13H18N2. The van der Waals surface area contributed by atoms with Gasteiger partial charge in [0, 0.05) is 29.9 Å². The van der Waals surface area contributed by atoms with E-state index in [1.165, 1.54) is 42.7 Å². The topological polar surface area (TPSA) is 29.3 Å². The summed E-state index contributed by atoms with van der Waals surface area (Å²) in [4.78, 5) is 2.49. The first kappa shape index (κ1) is 9.08. The second-order valence-corrected chi connectivity index (χ2v) is 5.30. The van der Waals surface area contributed by atoms with E-state index in [1.807, 2.05) is 6.07 Å². The Morgan fingerprint density at radius 2 is 1.87 bits per heavy atom. The van der Waals surface area contributed by atoms with E-state index in [4.69, 9.17) is 5.73 Å². The molecule has 0 bridgehead atoms. The van der Waals surface area contributed by atoms with Crippen molar-refractivity contribution < 1.29 is 0 Å². The maximum Gasteiger partial charge on any atom is 0.0446 e. The molecule has 2 aliphatic rings. The Morgan fingerprint density at radius 1 is 1.20 bits per heavy atom. The van der Waals surface area contributed by atoms with Gasteiger partial charge in [0.15, 0.2) is 0 Å². The van der Waals surface area contributed by atoms with Gasteiger partial charge in [0.1, 0.15) is 0 Å². The summed E-state index contributed by atoms with van der Waals surface area (Å²) in [5.41, 5.74) is 11.6. The third-order valence-corrected chi connectivity index (χ3v) is 4.00. The van der Waals surface area contributed by atoms with Crippen LogP contribution in [-0.4, -0.2) is 13.1 Å². The van der Waals surface area contributed by atoms with Gasteiger partial charge in [-0.3, -0.25) is 0 Å². The minimum Gasteiger partial charge on any atom is -0.398 e. The second kappa shape index (κ2) is 2.69. The van der Waals surface area contributed by atoms with Crippen LogP contribution in [0.2, 0.25) is 0 Å². The molecule has 0 unspecified atom stereocenters. The standard InChI is InChI=1S/C13H18N2/c1-9-3-4-11(14)10(2)12(9)15-7-13(8-15)5-6-13/h3-4H,5-8,14H2,1-2H3. The molecule has 1 saturated heterocycles. The lowest BCUT2D eigenvalue weighted by Gasteiger charge is -2.43. The lowest BCUT2D eigenvalue weighted by Crippen LogP contribution is -2.49. The Balaban J connectivity index is 1.94. The van der Waals surface area contributed by atoms with Crippen LogP contribution in [0.4, 0.5) is 11.4 Å². The summed E-state index contributed by atoms with van der Waals surface area (Å²) in [5, 5.41) is 0. The lowest BCUT2D eigenvalue weighted by molar-refractivity contribution is 0.386. The molecule has 2 nitrogen and oxygen atoms in total. The first-order chi connectivity index (χ1) is 7.11. The largest absolute Gasteiger partial charge is 0.398 e. The number of benzene rings is 1. The van der Waals surface area contributed by atoms with E-state index in [0.29, 0.717) is 5.41 Å². The summed E-state index contributed by atoms with van der Waals surface area (Å²) >= 11 is 0. The van der Waals surface area contributed by atoms with Crippen molar-refractivity contribution >= 4 is 11.4 Å². The van der Waals surface area contributed by atoms with Gasteiger partial charge in [-0.05, 0) is 43.9 Å². The molecule has 1 aromatic carbocycles. The minimum atomic E-state index is 0.712. The summed E-state index contributed by atoms with van der Waals surface area (Å²) in [6.07, 6.45) is 2.87. The Hall–Kier alpha value is -1.18. The Labute approximate surface area is 91.1 Å². The van der Waals surface area contributed by atoms with E-state index in [0.717, 1.165) is 5.69 Å². The Kier molecular flexibility index (Phi) is 1.63. The van der Waals surface area contributed by atoms with E-state index in [-0.39, 0.29) is 0 Å². The van der Waals surface area contributed by atoms with Gasteiger partial charge >= 0.3 is 0 Å². The average Bonchev–Trinajstić information content (AvgIpc) is 2.91. The van der Waals surface area contributed by atoms with Gasteiger partial charge in [0.05, 0.1) is 0 Å². The molecule has 1 saturated carbocycles. The highest BCUT2D eigenvalue weighted by Crippen LogP contribution is 2.54. The molecule has 0 aromatic heterocycles. The molecular weight excluding hydrogens is 184 g/mol. The van der Waals surface area contributed by atoms with Crippen molar-refractivity contribution in [1.82, 2.24) is 0 Å². The van der Waals surface area contributed by atoms with Crippen LogP contribution in [0.3, 0.4) is 0 Å². The van der Waals surface area contributed by atoms with E-state index in [9.17, 15) is 0 Å². The van der Waals surface area contributed by atoms with Crippen molar-refractivity contribution in [2.24, 2.45) is 5.41 Å². The van der Waals surface area contributed by atoms with Crippen molar-refractivity contribution in [3.63, 3.8) is 0 Å². The number of nitrogens with two attached hydrogens (primary N) is 1. The zero-order valence-electron chi connectivity index (χ0n) is 9.51. The van der Waals surface area contributed by atoms with Gasteiger partial charge in [0.2, 0.25) is 0 Å². The van der Waals surface area contributed by atoms with Gasteiger partial charge in [-0.15, -0.1) is 0 Å². The monoisotopic (exact) mass is 202 g/mol. The van der Waals surface area contributed by atoms with E-state index in [2.05, 4.69) is 24.8 Å². The molecule has 2 heteroatoms. The minimum absolute atomic E-state index is 0.712. The van der Waals surface area contributed by atoms with Crippen LogP contribution in [0.1, 0.15) is 24.0 Å². The van der Waals surface area contributed by atoms with Crippen molar-refractivity contribution in [1.29, 1.82) is 0 Å². The molecule has 2 fully saturated rings. The predicted molar refractivity (Wildman–Crippen MR) is 64.2 cm³/mol. The van der Waals surface area contributed by atoms with E-state index >= 15 is 0 Å². The maximum atomic E-state index is 5.96. The fourth-order valence-electron chi connectivity index (χ4n) is 2.75. The molecule has 1 aliphatic heterocycles. The maximum absolute atomic E-state index is 5.96. The summed E-state index contributed by atoms with van der Waals surface area (Å²) in [6, 6.07) is 4.15. The highest BCUT2D eigenvalue weighted by molar-refractivity contribution is 5.69. The molecule has 0 amide bonds. The molecule has 1 aliphatic carbocycles. The van der Waals surface area contributed by atoms with E-state index < -0.39 is 0 Å². The molecule has 2 N–H and O–H groups in total. The Morgan fingerprint density at radius 3 is 2.47 bits per heavy atom. The van der Waals surface area contributed by atoms with Crippen LogP contribution in [0.5, 0.6) is 0 Å². The number of nitrogens with zero attached hydrogens (tertiary/aromatic N) is 1. The number of anilines is 2. The number of aryl methyl sites for hydroxylation is 1. The molecule has 15 heavy (non-hydrogen) atoms. The van der Waals surface area contributed by atoms with Crippen molar-refractivity contribution in [2.75, 3.05) is 23.7 Å². The van der Waals surface area contributed by atoms with Crippen LogP contribution in [-0.2, 0) is 0 Å². The van der Waals surface area contributed by atoms with Crippen molar-refractivity contribution in [3.05, 3.63) is 23.3 Å². The summed E-state index contributed by atoms with van der Waals surface area (Å²) in [7, 11) is 0. The highest BCUT2D eigenvalue weighted by atomic mass is 15.2. The average molecular weight is 202 g/mol. The summed E-state index contributed by atoms with van der Waals surface area (Å²) < 4.78 is 0. The van der Waals surface area contributed by atoms with Crippen LogP contribution in [0.15, 0.2) is 12.1 Å². The second-order valence-electron chi connectivity index (χ2n) is 5.30. The van der Waals surface area contributed by atoms with Gasteiger partial charge in [-0.25, -0.2) is 0 Å². The van der Waals surface area contributed by atoms with Crippen LogP contribution < -0.4 is 10.6 Å². The quantitative estimate of drug-likeness (QED) is 0.709. The third-order valence-electron chi connectivity index (χ3n) is 4.00. The van der Waals surface area contributed by atoms with Gasteiger partial charge in [-0.1, -0.05) is 6.07 Å². The van der Waals surface area contributed by atoms with Gasteiger partial charge in [-0.2, -0.15) is 0 Å². The van der Waals surface area contributed by atoms with Gasteiger partial charge < -0.3 is 10.6 Å². The molecule has 1 heterocycles. The smallest absolute Gasteiger partial charge is 0.0446 e. The third kappa shape index (κ3) is 1.24. The molecule has 80 valence electrons. The summed E-state index contributed by atoms with van der Waals surface area (Å²) in [6.45, 7) is 6.81. The molecule has 3 rings (SSSR count). The first-order valence-corrected chi connectivity index (χ1v) is 5.72. The molecule has 1 aromatic rings. The van der Waals surface area contributed by atoms with E-state index in [1.54, 1.807) is 0 Å². The zero-order chi connectivity index (χ0) is 10.6. The van der Waals surface area contributed by atoms with Gasteiger partial charge in [0.25, 0.3) is 0 Å². The predicted octanol–water partition coefficient (Wildman–Crippen LogP) is 2.49. The highest BCUT2D eigenvalue weighted by Gasteiger charge is 2.52. The van der Waals surface area contributed by atoms with Crippen molar-refractivity contribution in [2.45, 2.75) is 26.7 Å². The SMILES string of the molecule is Cc1ccc(N)c(C)c1N1CC2(CC2)C1. The van der Waals surface area contributed by atoms with Crippen LogP contribution >= 0.6 is 0 Å². The lowest BCUT2D eigenvalue weighted by atomic mass is 9.93. The fraction of sp³-hybridized carbons (Fsp3) is 0.538. The number of rotatable bonds is 1. The van der Waals surface area contributed by atoms with Crippen molar-refractivity contribution in [3.8, 4) is 0 Å². The fourth-order valence-corrected chi connectivity index (χ4v) is 2.75. The number of hydrogen-bond acceptors (Lipinski definition) is 2. The Bertz CT molecular complexity index is 411. The number of hydrogen-bond donors (Lipinski definition) is 1. The normalized spacial score (nSPS) is 21.6. The molecule has 0 radical (unpaired) electrons. The zero-order valence-corrected chi connectivity index (χ0v) is 9.51. The summed E-state index contributed by atoms with van der Waals surface area (Å²) in [5.74, 6) is 0. The molecule has 1 spiro atoms. The first-order valence-electron chi connectivity index (χ1n) is 5.72.